The fraction of sp³-hybridized carbons (Fsp3) is 0.227. The fourth-order valence-electron chi connectivity index (χ4n) is 3.29. The number of benzene rings is 2. The van der Waals surface area contributed by atoms with Crippen molar-refractivity contribution in [3.8, 4) is 11.5 Å². The molecule has 0 saturated carbocycles. The van der Waals surface area contributed by atoms with Crippen molar-refractivity contribution in [2.75, 3.05) is 13.3 Å². The first kappa shape index (κ1) is 18.0. The third-order valence-corrected chi connectivity index (χ3v) is 4.71. The molecule has 2 heterocycles. The molecule has 0 bridgehead atoms. The van der Waals surface area contributed by atoms with Gasteiger partial charge in [-0.15, -0.1) is 0 Å². The third kappa shape index (κ3) is 4.28. The average molecular weight is 375 g/mol. The molecular formula is C22H21N3O3. The summed E-state index contributed by atoms with van der Waals surface area (Å²) in [4.78, 5) is 20.9. The number of nitrogens with zero attached hydrogens (tertiary/aromatic N) is 2. The molecule has 1 aliphatic rings. The number of rotatable bonds is 7. The van der Waals surface area contributed by atoms with E-state index in [0.29, 0.717) is 19.4 Å². The van der Waals surface area contributed by atoms with E-state index in [9.17, 15) is 4.79 Å². The Morgan fingerprint density at radius 3 is 2.71 bits per heavy atom. The van der Waals surface area contributed by atoms with Crippen LogP contribution < -0.4 is 14.8 Å². The lowest BCUT2D eigenvalue weighted by Crippen LogP contribution is -2.27. The Morgan fingerprint density at radius 2 is 1.89 bits per heavy atom. The molecule has 0 aliphatic carbocycles. The first-order chi connectivity index (χ1) is 13.8. The molecule has 6 nitrogen and oxygen atoms in total. The van der Waals surface area contributed by atoms with Crippen molar-refractivity contribution in [3.05, 3.63) is 83.9 Å². The zero-order valence-corrected chi connectivity index (χ0v) is 15.4. The number of amides is 1. The summed E-state index contributed by atoms with van der Waals surface area (Å²) in [6.45, 7) is 0.762. The molecule has 6 heteroatoms. The highest BCUT2D eigenvalue weighted by atomic mass is 16.7. The number of nitrogens with one attached hydrogen (secondary N) is 1. The molecule has 1 aliphatic heterocycles. The van der Waals surface area contributed by atoms with Gasteiger partial charge in [0.05, 0.1) is 5.69 Å². The van der Waals surface area contributed by atoms with E-state index in [0.717, 1.165) is 28.3 Å². The minimum absolute atomic E-state index is 0.00425. The van der Waals surface area contributed by atoms with Gasteiger partial charge in [0, 0.05) is 43.9 Å². The topological polar surface area (TPSA) is 73.3 Å². The van der Waals surface area contributed by atoms with E-state index >= 15 is 0 Å². The first-order valence-electron chi connectivity index (χ1n) is 9.25. The Morgan fingerprint density at radius 1 is 1.04 bits per heavy atom. The van der Waals surface area contributed by atoms with Crippen LogP contribution in [0.1, 0.15) is 29.2 Å². The molecule has 3 aromatic rings. The predicted octanol–water partition coefficient (Wildman–Crippen LogP) is 3.09. The van der Waals surface area contributed by atoms with Crippen LogP contribution in [-0.2, 0) is 11.2 Å². The summed E-state index contributed by atoms with van der Waals surface area (Å²) in [6, 6.07) is 15.9. The molecule has 28 heavy (non-hydrogen) atoms. The van der Waals surface area contributed by atoms with Crippen LogP contribution in [0.2, 0.25) is 0 Å². The molecule has 1 atom stereocenters. The van der Waals surface area contributed by atoms with Gasteiger partial charge in [-0.05, 0) is 23.3 Å². The van der Waals surface area contributed by atoms with Gasteiger partial charge in [0.25, 0.3) is 0 Å². The van der Waals surface area contributed by atoms with Crippen molar-refractivity contribution >= 4 is 5.91 Å². The van der Waals surface area contributed by atoms with Crippen LogP contribution in [0, 0.1) is 0 Å². The second-order valence-electron chi connectivity index (χ2n) is 6.58. The molecule has 1 N–H and O–H groups in total. The van der Waals surface area contributed by atoms with Gasteiger partial charge in [-0.3, -0.25) is 14.8 Å². The van der Waals surface area contributed by atoms with Crippen molar-refractivity contribution in [1.29, 1.82) is 0 Å². The number of aromatic nitrogens is 2. The summed E-state index contributed by atoms with van der Waals surface area (Å²) in [7, 11) is 0. The van der Waals surface area contributed by atoms with Crippen LogP contribution in [0.15, 0.2) is 67.1 Å². The summed E-state index contributed by atoms with van der Waals surface area (Å²) in [5, 5.41) is 2.99. The largest absolute Gasteiger partial charge is 0.454 e. The second kappa shape index (κ2) is 8.52. The predicted molar refractivity (Wildman–Crippen MR) is 104 cm³/mol. The Hall–Kier alpha value is -3.41. The fourth-order valence-corrected chi connectivity index (χ4v) is 3.29. The lowest BCUT2D eigenvalue weighted by molar-refractivity contribution is -0.121. The van der Waals surface area contributed by atoms with Crippen LogP contribution in [0.5, 0.6) is 11.5 Å². The van der Waals surface area contributed by atoms with E-state index < -0.39 is 0 Å². The number of hydrogen-bond donors (Lipinski definition) is 1. The Balaban J connectivity index is 1.46. The van der Waals surface area contributed by atoms with Crippen molar-refractivity contribution in [3.63, 3.8) is 0 Å². The number of carbonyl (C=O) groups excluding carboxylic acids is 1. The van der Waals surface area contributed by atoms with E-state index in [2.05, 4.69) is 15.3 Å². The zero-order valence-electron chi connectivity index (χ0n) is 15.4. The van der Waals surface area contributed by atoms with Crippen LogP contribution >= 0.6 is 0 Å². The van der Waals surface area contributed by atoms with Crippen molar-refractivity contribution < 1.29 is 14.3 Å². The highest BCUT2D eigenvalue weighted by molar-refractivity contribution is 5.77. The van der Waals surface area contributed by atoms with E-state index in [1.807, 2.05) is 48.5 Å². The van der Waals surface area contributed by atoms with Gasteiger partial charge in [0.15, 0.2) is 11.5 Å². The maximum Gasteiger partial charge on any atom is 0.231 e. The Bertz CT molecular complexity index is 932. The van der Waals surface area contributed by atoms with Crippen LogP contribution in [0.25, 0.3) is 0 Å². The van der Waals surface area contributed by atoms with Gasteiger partial charge in [-0.25, -0.2) is 0 Å². The lowest BCUT2D eigenvalue weighted by atomic mass is 9.88. The molecule has 0 saturated heterocycles. The Labute approximate surface area is 163 Å². The van der Waals surface area contributed by atoms with Crippen molar-refractivity contribution in [2.45, 2.75) is 18.8 Å². The SMILES string of the molecule is O=C(C[C@@H](c1ccccc1)c1ccc2c(c1)OCO2)NCCc1cnccn1. The summed E-state index contributed by atoms with van der Waals surface area (Å²) in [5.41, 5.74) is 2.98. The molecule has 0 unspecified atom stereocenters. The van der Waals surface area contributed by atoms with Crippen molar-refractivity contribution in [2.24, 2.45) is 0 Å². The van der Waals surface area contributed by atoms with Gasteiger partial charge < -0.3 is 14.8 Å². The standard InChI is InChI=1S/C22H21N3O3/c26-22(25-9-8-18-14-23-10-11-24-18)13-19(16-4-2-1-3-5-16)17-6-7-20-21(12-17)28-15-27-20/h1-7,10-12,14,19H,8-9,13,15H2,(H,25,26)/t19-/m0/s1. The highest BCUT2D eigenvalue weighted by Gasteiger charge is 2.21. The summed E-state index contributed by atoms with van der Waals surface area (Å²) < 4.78 is 10.9. The minimum Gasteiger partial charge on any atom is -0.454 e. The summed E-state index contributed by atoms with van der Waals surface area (Å²) in [5.74, 6) is 1.40. The minimum atomic E-state index is -0.0628. The number of ether oxygens (including phenoxy) is 2. The van der Waals surface area contributed by atoms with Crippen LogP contribution in [0.3, 0.4) is 0 Å². The third-order valence-electron chi connectivity index (χ3n) is 4.71. The molecule has 0 spiro atoms. The summed E-state index contributed by atoms with van der Waals surface area (Å²) >= 11 is 0. The monoisotopic (exact) mass is 375 g/mol. The maximum atomic E-state index is 12.6. The molecular weight excluding hydrogens is 354 g/mol. The van der Waals surface area contributed by atoms with Gasteiger partial charge in [-0.1, -0.05) is 36.4 Å². The van der Waals surface area contributed by atoms with Gasteiger partial charge in [0.1, 0.15) is 0 Å². The quantitative estimate of drug-likeness (QED) is 0.687. The molecule has 0 fully saturated rings. The van der Waals surface area contributed by atoms with E-state index in [4.69, 9.17) is 9.47 Å². The summed E-state index contributed by atoms with van der Waals surface area (Å²) in [6.07, 6.45) is 6.01. The molecule has 2 aromatic carbocycles. The molecule has 1 amide bonds. The number of fused-ring (bicyclic) bond motifs is 1. The van der Waals surface area contributed by atoms with Gasteiger partial charge >= 0.3 is 0 Å². The van der Waals surface area contributed by atoms with Gasteiger partial charge in [0.2, 0.25) is 12.7 Å². The van der Waals surface area contributed by atoms with E-state index in [-0.39, 0.29) is 18.6 Å². The molecule has 1 aromatic heterocycles. The molecule has 0 radical (unpaired) electrons. The second-order valence-corrected chi connectivity index (χ2v) is 6.58. The highest BCUT2D eigenvalue weighted by Crippen LogP contribution is 2.37. The normalized spacial score (nSPS) is 13.1. The smallest absolute Gasteiger partial charge is 0.231 e. The van der Waals surface area contributed by atoms with E-state index in [1.165, 1.54) is 0 Å². The first-order valence-corrected chi connectivity index (χ1v) is 9.25. The zero-order chi connectivity index (χ0) is 19.2. The van der Waals surface area contributed by atoms with Crippen molar-refractivity contribution in [1.82, 2.24) is 15.3 Å². The number of hydrogen-bond acceptors (Lipinski definition) is 5. The van der Waals surface area contributed by atoms with Gasteiger partial charge in [-0.2, -0.15) is 0 Å². The van der Waals surface area contributed by atoms with E-state index in [1.54, 1.807) is 18.6 Å². The maximum absolute atomic E-state index is 12.6. The molecule has 142 valence electrons. The number of carbonyl (C=O) groups is 1. The molecule has 4 rings (SSSR count). The average Bonchev–Trinajstić information content (AvgIpc) is 3.21. The van der Waals surface area contributed by atoms with Crippen LogP contribution in [-0.4, -0.2) is 29.2 Å². The van der Waals surface area contributed by atoms with Crippen LogP contribution in [0.4, 0.5) is 0 Å². The lowest BCUT2D eigenvalue weighted by Gasteiger charge is -2.18. The Kier molecular flexibility index (Phi) is 5.47.